The molecule has 2 aromatic heterocycles. The highest BCUT2D eigenvalue weighted by molar-refractivity contribution is 9.11. The zero-order valence-corrected chi connectivity index (χ0v) is 10.1. The minimum Gasteiger partial charge on any atom is -0.347 e. The molecule has 0 aliphatic rings. The average Bonchev–Trinajstić information content (AvgIpc) is 2.84. The first-order chi connectivity index (χ1) is 7.25. The minimum absolute atomic E-state index is 0.0692. The zero-order chi connectivity index (χ0) is 10.7. The van der Waals surface area contributed by atoms with Crippen LogP contribution in [0.5, 0.6) is 0 Å². The van der Waals surface area contributed by atoms with Gasteiger partial charge in [0.05, 0.1) is 27.2 Å². The maximum atomic E-state index is 11.6. The number of carbonyl (C=O) groups excluding carboxylic acids is 1. The number of nitrogens with zero attached hydrogens (tertiary/aromatic N) is 1. The maximum Gasteiger partial charge on any atom is 0.261 e. The summed E-state index contributed by atoms with van der Waals surface area (Å²) in [6.45, 7) is 0.467. The van der Waals surface area contributed by atoms with Gasteiger partial charge in [-0.05, 0) is 28.1 Å². The second kappa shape index (κ2) is 4.59. The van der Waals surface area contributed by atoms with E-state index in [1.54, 1.807) is 18.6 Å². The first-order valence-corrected chi connectivity index (χ1v) is 5.87. The van der Waals surface area contributed by atoms with E-state index in [1.807, 2.05) is 6.07 Å². The molecular weight excluding hydrogens is 278 g/mol. The fraction of sp³-hybridized carbons (Fsp3) is 0.111. The van der Waals surface area contributed by atoms with E-state index in [0.29, 0.717) is 11.4 Å². The van der Waals surface area contributed by atoms with Gasteiger partial charge in [-0.3, -0.25) is 4.79 Å². The normalized spacial score (nSPS) is 10.2. The van der Waals surface area contributed by atoms with Gasteiger partial charge >= 0.3 is 0 Å². The topological polar surface area (TPSA) is 57.8 Å². The van der Waals surface area contributed by atoms with Crippen molar-refractivity contribution < 1.29 is 4.79 Å². The van der Waals surface area contributed by atoms with Crippen molar-refractivity contribution in [2.45, 2.75) is 6.54 Å². The fourth-order valence-electron chi connectivity index (χ4n) is 1.08. The van der Waals surface area contributed by atoms with Crippen LogP contribution in [0.4, 0.5) is 0 Å². The SMILES string of the molecule is O=C(NCc1cnc[nH]1)c1ccc(Br)s1. The second-order valence-corrected chi connectivity index (χ2v) is 5.33. The highest BCUT2D eigenvalue weighted by Crippen LogP contribution is 2.21. The number of thiophene rings is 1. The molecule has 0 aliphatic carbocycles. The molecule has 2 rings (SSSR count). The molecule has 0 fully saturated rings. The van der Waals surface area contributed by atoms with Gasteiger partial charge in [-0.15, -0.1) is 11.3 Å². The number of amides is 1. The Labute approximate surface area is 98.9 Å². The van der Waals surface area contributed by atoms with Crippen LogP contribution in [0.25, 0.3) is 0 Å². The van der Waals surface area contributed by atoms with E-state index < -0.39 is 0 Å². The van der Waals surface area contributed by atoms with Crippen molar-refractivity contribution in [2.24, 2.45) is 0 Å². The van der Waals surface area contributed by atoms with Crippen LogP contribution in [-0.2, 0) is 6.54 Å². The molecule has 15 heavy (non-hydrogen) atoms. The Kier molecular flexibility index (Phi) is 3.17. The monoisotopic (exact) mass is 285 g/mol. The molecule has 2 aromatic rings. The molecular formula is C9H8BrN3OS. The van der Waals surface area contributed by atoms with Crippen molar-refractivity contribution in [3.8, 4) is 0 Å². The van der Waals surface area contributed by atoms with Crippen LogP contribution >= 0.6 is 27.3 Å². The lowest BCUT2D eigenvalue weighted by atomic mass is 10.4. The lowest BCUT2D eigenvalue weighted by Gasteiger charge is -2.00. The van der Waals surface area contributed by atoms with Crippen molar-refractivity contribution in [1.29, 1.82) is 0 Å². The standard InChI is InChI=1S/C9H8BrN3OS/c10-8-2-1-7(15-8)9(14)12-4-6-3-11-5-13-6/h1-3,5H,4H2,(H,11,13)(H,12,14). The molecule has 4 nitrogen and oxygen atoms in total. The van der Waals surface area contributed by atoms with Crippen molar-refractivity contribution in [3.05, 3.63) is 39.0 Å². The van der Waals surface area contributed by atoms with Crippen LogP contribution in [0.3, 0.4) is 0 Å². The summed E-state index contributed by atoms with van der Waals surface area (Å²) in [5, 5.41) is 2.79. The van der Waals surface area contributed by atoms with Crippen molar-refractivity contribution in [3.63, 3.8) is 0 Å². The lowest BCUT2D eigenvalue weighted by Crippen LogP contribution is -2.21. The number of hydrogen-bond acceptors (Lipinski definition) is 3. The molecule has 1 amide bonds. The Balaban J connectivity index is 1.93. The van der Waals surface area contributed by atoms with E-state index >= 15 is 0 Å². The van der Waals surface area contributed by atoms with Gasteiger partial charge in [-0.1, -0.05) is 0 Å². The third-order valence-electron chi connectivity index (χ3n) is 1.79. The number of imidazole rings is 1. The van der Waals surface area contributed by atoms with Gasteiger partial charge in [0.15, 0.2) is 0 Å². The number of carbonyl (C=O) groups is 1. The molecule has 6 heteroatoms. The van der Waals surface area contributed by atoms with Gasteiger partial charge in [-0.25, -0.2) is 4.98 Å². The van der Waals surface area contributed by atoms with Crippen LogP contribution in [0.1, 0.15) is 15.4 Å². The minimum atomic E-state index is -0.0692. The third-order valence-corrected chi connectivity index (χ3v) is 3.41. The van der Waals surface area contributed by atoms with E-state index in [4.69, 9.17) is 0 Å². The first-order valence-electron chi connectivity index (χ1n) is 4.26. The predicted octanol–water partition coefficient (Wildman–Crippen LogP) is 2.16. The van der Waals surface area contributed by atoms with Crippen LogP contribution in [-0.4, -0.2) is 15.9 Å². The van der Waals surface area contributed by atoms with E-state index in [-0.39, 0.29) is 5.91 Å². The smallest absolute Gasteiger partial charge is 0.261 e. The third kappa shape index (κ3) is 2.66. The van der Waals surface area contributed by atoms with Crippen LogP contribution < -0.4 is 5.32 Å². The van der Waals surface area contributed by atoms with Crippen molar-refractivity contribution in [1.82, 2.24) is 15.3 Å². The molecule has 0 spiro atoms. The highest BCUT2D eigenvalue weighted by Gasteiger charge is 2.07. The Morgan fingerprint density at radius 2 is 2.47 bits per heavy atom. The van der Waals surface area contributed by atoms with Gasteiger partial charge in [0.1, 0.15) is 0 Å². The predicted molar refractivity (Wildman–Crippen MR) is 61.8 cm³/mol. The summed E-state index contributed by atoms with van der Waals surface area (Å²) in [5.74, 6) is -0.0692. The maximum absolute atomic E-state index is 11.6. The molecule has 0 radical (unpaired) electrons. The summed E-state index contributed by atoms with van der Waals surface area (Å²) < 4.78 is 0.953. The molecule has 78 valence electrons. The van der Waals surface area contributed by atoms with Crippen molar-refractivity contribution in [2.75, 3.05) is 0 Å². The van der Waals surface area contributed by atoms with Crippen LogP contribution in [0, 0.1) is 0 Å². The summed E-state index contributed by atoms with van der Waals surface area (Å²) in [4.78, 5) is 19.1. The summed E-state index contributed by atoms with van der Waals surface area (Å²) in [6.07, 6.45) is 3.27. The number of halogens is 1. The second-order valence-electron chi connectivity index (χ2n) is 2.86. The molecule has 0 saturated carbocycles. The van der Waals surface area contributed by atoms with Crippen molar-refractivity contribution >= 4 is 33.2 Å². The zero-order valence-electron chi connectivity index (χ0n) is 7.66. The highest BCUT2D eigenvalue weighted by atomic mass is 79.9. The summed E-state index contributed by atoms with van der Waals surface area (Å²) >= 11 is 4.72. The molecule has 0 unspecified atom stereocenters. The van der Waals surface area contributed by atoms with Crippen LogP contribution in [0.15, 0.2) is 28.4 Å². The molecule has 0 aliphatic heterocycles. The fourth-order valence-corrected chi connectivity index (χ4v) is 2.38. The molecule has 0 bridgehead atoms. The number of aromatic nitrogens is 2. The van der Waals surface area contributed by atoms with E-state index in [0.717, 1.165) is 9.48 Å². The molecule has 0 saturated heterocycles. The summed E-state index contributed by atoms with van der Waals surface area (Å²) in [5.41, 5.74) is 0.888. The Morgan fingerprint density at radius 3 is 3.07 bits per heavy atom. The van der Waals surface area contributed by atoms with Crippen LogP contribution in [0.2, 0.25) is 0 Å². The number of aromatic amines is 1. The Morgan fingerprint density at radius 1 is 1.60 bits per heavy atom. The van der Waals surface area contributed by atoms with Gasteiger partial charge in [0.2, 0.25) is 0 Å². The lowest BCUT2D eigenvalue weighted by molar-refractivity contribution is 0.0954. The van der Waals surface area contributed by atoms with E-state index in [2.05, 4.69) is 31.2 Å². The Hall–Kier alpha value is -1.14. The summed E-state index contributed by atoms with van der Waals surface area (Å²) in [6, 6.07) is 3.65. The van der Waals surface area contributed by atoms with E-state index in [9.17, 15) is 4.79 Å². The number of rotatable bonds is 3. The number of hydrogen-bond donors (Lipinski definition) is 2. The molecule has 0 atom stereocenters. The number of nitrogens with one attached hydrogen (secondary N) is 2. The molecule has 0 aromatic carbocycles. The van der Waals surface area contributed by atoms with Gasteiger partial charge in [0.25, 0.3) is 5.91 Å². The molecule has 2 N–H and O–H groups in total. The van der Waals surface area contributed by atoms with Gasteiger partial charge in [0, 0.05) is 6.20 Å². The summed E-state index contributed by atoms with van der Waals surface area (Å²) in [7, 11) is 0. The first kappa shape index (κ1) is 10.4. The van der Waals surface area contributed by atoms with Gasteiger partial charge in [-0.2, -0.15) is 0 Å². The quantitative estimate of drug-likeness (QED) is 0.908. The van der Waals surface area contributed by atoms with E-state index in [1.165, 1.54) is 11.3 Å². The average molecular weight is 286 g/mol. The van der Waals surface area contributed by atoms with Gasteiger partial charge < -0.3 is 10.3 Å². The molecule has 2 heterocycles. The largest absolute Gasteiger partial charge is 0.347 e. The number of H-pyrrole nitrogens is 1. The Bertz CT molecular complexity index is 452.